The molecule has 2 heterocycles. The summed E-state index contributed by atoms with van der Waals surface area (Å²) in [5, 5.41) is 4.49. The highest BCUT2D eigenvalue weighted by atomic mass is 79.9. The molecule has 0 N–H and O–H groups in total. The number of nitrogens with zero attached hydrogens (tertiary/aromatic N) is 3. The molecule has 3 aromatic rings. The first-order valence-electron chi connectivity index (χ1n) is 4.90. The van der Waals surface area contributed by atoms with Crippen molar-refractivity contribution in [3.05, 3.63) is 53.3 Å². The minimum atomic E-state index is 0.857. The molecule has 0 radical (unpaired) electrons. The Morgan fingerprint density at radius 2 is 1.94 bits per heavy atom. The van der Waals surface area contributed by atoms with Gasteiger partial charge >= 0.3 is 0 Å². The number of aromatic nitrogens is 3. The fourth-order valence-electron chi connectivity index (χ4n) is 1.63. The van der Waals surface area contributed by atoms with Crippen molar-refractivity contribution in [2.75, 3.05) is 0 Å². The number of hydrogen-bond donors (Lipinski definition) is 0. The molecule has 0 unspecified atom stereocenters. The van der Waals surface area contributed by atoms with E-state index in [-0.39, 0.29) is 0 Å². The third kappa shape index (κ3) is 1.51. The van der Waals surface area contributed by atoms with Crippen molar-refractivity contribution in [2.45, 2.75) is 0 Å². The Balaban J connectivity index is 2.22. The van der Waals surface area contributed by atoms with Gasteiger partial charge in [-0.2, -0.15) is 5.10 Å². The average Bonchev–Trinajstić information content (AvgIpc) is 2.76. The molecule has 3 rings (SSSR count). The van der Waals surface area contributed by atoms with E-state index in [0.717, 1.165) is 21.4 Å². The monoisotopic (exact) mass is 273 g/mol. The molecule has 0 aliphatic heterocycles. The van der Waals surface area contributed by atoms with Gasteiger partial charge in [-0.15, -0.1) is 0 Å². The molecule has 0 spiro atoms. The number of halogens is 1. The van der Waals surface area contributed by atoms with Gasteiger partial charge in [-0.3, -0.25) is 0 Å². The van der Waals surface area contributed by atoms with Crippen LogP contribution in [0.1, 0.15) is 0 Å². The predicted octanol–water partition coefficient (Wildman–Crippen LogP) is 3.16. The van der Waals surface area contributed by atoms with Crippen molar-refractivity contribution in [2.24, 2.45) is 0 Å². The highest BCUT2D eigenvalue weighted by molar-refractivity contribution is 9.10. The molecule has 0 aliphatic rings. The largest absolute Gasteiger partial charge is 0.236 e. The van der Waals surface area contributed by atoms with Gasteiger partial charge in [-0.25, -0.2) is 9.50 Å². The lowest BCUT2D eigenvalue weighted by Crippen LogP contribution is -1.93. The Bertz CT molecular complexity index is 645. The van der Waals surface area contributed by atoms with E-state index in [2.05, 4.69) is 26.0 Å². The van der Waals surface area contributed by atoms with Crippen molar-refractivity contribution in [3.63, 3.8) is 0 Å². The molecule has 16 heavy (non-hydrogen) atoms. The Hall–Kier alpha value is -1.68. The summed E-state index contributed by atoms with van der Waals surface area (Å²) in [6, 6.07) is 12.0. The average molecular weight is 274 g/mol. The van der Waals surface area contributed by atoms with Gasteiger partial charge in [0.15, 0.2) is 5.65 Å². The zero-order valence-electron chi connectivity index (χ0n) is 8.34. The van der Waals surface area contributed by atoms with E-state index in [1.54, 1.807) is 10.7 Å². The molecule has 0 saturated heterocycles. The molecule has 0 aliphatic carbocycles. The molecule has 0 fully saturated rings. The number of imidazole rings is 1. The van der Waals surface area contributed by atoms with Crippen molar-refractivity contribution in [1.82, 2.24) is 14.6 Å². The molecule has 1 aromatic carbocycles. The van der Waals surface area contributed by atoms with Crippen molar-refractivity contribution in [1.29, 1.82) is 0 Å². The van der Waals surface area contributed by atoms with Crippen LogP contribution in [0.4, 0.5) is 0 Å². The van der Waals surface area contributed by atoms with Gasteiger partial charge in [0.2, 0.25) is 0 Å². The highest BCUT2D eigenvalue weighted by Crippen LogP contribution is 2.25. The maximum absolute atomic E-state index is 4.49. The Kier molecular flexibility index (Phi) is 2.22. The lowest BCUT2D eigenvalue weighted by atomic mass is 10.1. The lowest BCUT2D eigenvalue weighted by Gasteiger charge is -2.03. The van der Waals surface area contributed by atoms with Crippen LogP contribution in [0.5, 0.6) is 0 Å². The Morgan fingerprint density at radius 3 is 2.81 bits per heavy atom. The molecule has 78 valence electrons. The number of rotatable bonds is 1. The van der Waals surface area contributed by atoms with E-state index in [0.29, 0.717) is 0 Å². The van der Waals surface area contributed by atoms with E-state index in [9.17, 15) is 0 Å². The van der Waals surface area contributed by atoms with Gasteiger partial charge in [-0.1, -0.05) is 34.1 Å². The van der Waals surface area contributed by atoms with Gasteiger partial charge < -0.3 is 0 Å². The fraction of sp³-hybridized carbons (Fsp3) is 0. The maximum Gasteiger partial charge on any atom is 0.153 e. The summed E-state index contributed by atoms with van der Waals surface area (Å²) in [5.74, 6) is 0. The zero-order chi connectivity index (χ0) is 11.0. The minimum absolute atomic E-state index is 0.857. The van der Waals surface area contributed by atoms with Crippen LogP contribution in [0, 0.1) is 0 Å². The minimum Gasteiger partial charge on any atom is -0.236 e. The summed E-state index contributed by atoms with van der Waals surface area (Å²) < 4.78 is 2.82. The van der Waals surface area contributed by atoms with Crippen LogP contribution in [-0.2, 0) is 0 Å². The normalized spacial score (nSPS) is 10.8. The molecule has 4 heteroatoms. The van der Waals surface area contributed by atoms with E-state index in [1.165, 1.54) is 0 Å². The third-order valence-electron chi connectivity index (χ3n) is 2.40. The summed E-state index contributed by atoms with van der Waals surface area (Å²) in [6.07, 6.45) is 3.59. The molecule has 3 nitrogen and oxygen atoms in total. The summed E-state index contributed by atoms with van der Waals surface area (Å²) >= 11 is 3.52. The van der Waals surface area contributed by atoms with Crippen molar-refractivity contribution < 1.29 is 0 Å². The topological polar surface area (TPSA) is 30.2 Å². The summed E-state index contributed by atoms with van der Waals surface area (Å²) in [6.45, 7) is 0. The first-order chi connectivity index (χ1) is 7.84. The van der Waals surface area contributed by atoms with Crippen molar-refractivity contribution >= 4 is 21.6 Å². The van der Waals surface area contributed by atoms with Crippen LogP contribution in [0.25, 0.3) is 16.9 Å². The van der Waals surface area contributed by atoms with Gasteiger partial charge in [0.05, 0.1) is 5.69 Å². The standard InChI is InChI=1S/C12H8BrN3/c13-10-4-2-1-3-9(10)11-5-6-12-14-7-8-16(12)15-11/h1-8H. The second kappa shape index (κ2) is 3.72. The van der Waals surface area contributed by atoms with Crippen LogP contribution in [0.3, 0.4) is 0 Å². The van der Waals surface area contributed by atoms with Crippen LogP contribution in [0.2, 0.25) is 0 Å². The van der Waals surface area contributed by atoms with Crippen LogP contribution < -0.4 is 0 Å². The highest BCUT2D eigenvalue weighted by Gasteiger charge is 2.04. The zero-order valence-corrected chi connectivity index (χ0v) is 9.92. The molecule has 0 atom stereocenters. The Morgan fingerprint density at radius 1 is 1.06 bits per heavy atom. The third-order valence-corrected chi connectivity index (χ3v) is 3.10. The Labute approximate surface area is 101 Å². The second-order valence-electron chi connectivity index (χ2n) is 3.43. The molecule has 0 bridgehead atoms. The summed E-state index contributed by atoms with van der Waals surface area (Å²) in [4.78, 5) is 4.16. The number of benzene rings is 1. The van der Waals surface area contributed by atoms with E-state index in [4.69, 9.17) is 0 Å². The molecular weight excluding hydrogens is 266 g/mol. The van der Waals surface area contributed by atoms with Gasteiger partial charge in [0.1, 0.15) is 0 Å². The van der Waals surface area contributed by atoms with E-state index < -0.39 is 0 Å². The molecule has 2 aromatic heterocycles. The molecule has 0 amide bonds. The molecular formula is C12H8BrN3. The van der Waals surface area contributed by atoms with E-state index >= 15 is 0 Å². The first-order valence-corrected chi connectivity index (χ1v) is 5.69. The van der Waals surface area contributed by atoms with Gasteiger partial charge in [-0.05, 0) is 18.2 Å². The smallest absolute Gasteiger partial charge is 0.153 e. The SMILES string of the molecule is Brc1ccccc1-c1ccc2nccn2n1. The lowest BCUT2D eigenvalue weighted by molar-refractivity contribution is 0.942. The van der Waals surface area contributed by atoms with Crippen LogP contribution in [0.15, 0.2) is 53.3 Å². The summed E-state index contributed by atoms with van der Waals surface area (Å²) in [5.41, 5.74) is 2.87. The maximum atomic E-state index is 4.49. The fourth-order valence-corrected chi connectivity index (χ4v) is 2.12. The quantitative estimate of drug-likeness (QED) is 0.682. The van der Waals surface area contributed by atoms with Crippen LogP contribution >= 0.6 is 15.9 Å². The van der Waals surface area contributed by atoms with E-state index in [1.807, 2.05) is 42.6 Å². The van der Waals surface area contributed by atoms with Gasteiger partial charge in [0, 0.05) is 22.4 Å². The summed E-state index contributed by atoms with van der Waals surface area (Å²) in [7, 11) is 0. The molecule has 0 saturated carbocycles. The number of fused-ring (bicyclic) bond motifs is 1. The number of hydrogen-bond acceptors (Lipinski definition) is 2. The first kappa shape index (κ1) is 9.54. The predicted molar refractivity (Wildman–Crippen MR) is 66.1 cm³/mol. The van der Waals surface area contributed by atoms with Crippen molar-refractivity contribution in [3.8, 4) is 11.3 Å². The van der Waals surface area contributed by atoms with Gasteiger partial charge in [0.25, 0.3) is 0 Å². The second-order valence-corrected chi connectivity index (χ2v) is 4.28. The van der Waals surface area contributed by atoms with Crippen LogP contribution in [-0.4, -0.2) is 14.6 Å².